The van der Waals surface area contributed by atoms with E-state index >= 15 is 0 Å². The zero-order valence-electron chi connectivity index (χ0n) is 20.7. The molecule has 3 atom stereocenters. The molecule has 1 spiro atoms. The van der Waals surface area contributed by atoms with Gasteiger partial charge in [0.05, 0.1) is 12.0 Å². The molecule has 0 bridgehead atoms. The summed E-state index contributed by atoms with van der Waals surface area (Å²) in [7, 11) is 2.15. The third kappa shape index (κ3) is 3.96. The summed E-state index contributed by atoms with van der Waals surface area (Å²) in [4.78, 5) is 25.1. The van der Waals surface area contributed by atoms with Crippen molar-refractivity contribution >= 4 is 11.5 Å². The Balaban J connectivity index is 1.39. The molecule has 0 N–H and O–H groups in total. The first-order chi connectivity index (χ1) is 17.0. The van der Waals surface area contributed by atoms with Crippen LogP contribution < -0.4 is 4.74 Å². The Morgan fingerprint density at radius 2 is 2.06 bits per heavy atom. The van der Waals surface area contributed by atoms with Crippen LogP contribution in [0.4, 0.5) is 0 Å². The maximum atomic E-state index is 13.1. The molecule has 35 heavy (non-hydrogen) atoms. The Kier molecular flexibility index (Phi) is 5.87. The molecule has 1 saturated carbocycles. The predicted molar refractivity (Wildman–Crippen MR) is 130 cm³/mol. The summed E-state index contributed by atoms with van der Waals surface area (Å²) in [5.74, 6) is 2.79. The number of ether oxygens (including phenoxy) is 2. The van der Waals surface area contributed by atoms with Crippen LogP contribution in [0.5, 0.6) is 5.88 Å². The van der Waals surface area contributed by atoms with E-state index < -0.39 is 5.41 Å². The molecule has 4 aliphatic rings. The predicted octanol–water partition coefficient (Wildman–Crippen LogP) is 4.47. The fourth-order valence-corrected chi connectivity index (χ4v) is 6.48. The largest absolute Gasteiger partial charge is 0.491 e. The van der Waals surface area contributed by atoms with E-state index in [2.05, 4.69) is 30.1 Å². The van der Waals surface area contributed by atoms with Crippen molar-refractivity contribution in [2.24, 2.45) is 0 Å². The number of likely N-dealkylation sites (tertiary alicyclic amines) is 1. The average molecular weight is 479 g/mol. The molecule has 2 aliphatic heterocycles. The van der Waals surface area contributed by atoms with Gasteiger partial charge in [-0.3, -0.25) is 9.69 Å². The Labute approximate surface area is 206 Å². The van der Waals surface area contributed by atoms with Crippen molar-refractivity contribution in [3.8, 4) is 17.4 Å². The monoisotopic (exact) mass is 478 g/mol. The highest BCUT2D eigenvalue weighted by molar-refractivity contribution is 5.91. The third-order valence-corrected chi connectivity index (χ3v) is 8.34. The summed E-state index contributed by atoms with van der Waals surface area (Å²) in [6.07, 6.45) is 11.3. The van der Waals surface area contributed by atoms with Gasteiger partial charge < -0.3 is 14.0 Å². The maximum Gasteiger partial charge on any atom is 0.217 e. The van der Waals surface area contributed by atoms with Crippen LogP contribution in [0.2, 0.25) is 0 Å². The second-order valence-electron chi connectivity index (χ2n) is 10.5. The van der Waals surface area contributed by atoms with Crippen LogP contribution in [0, 0.1) is 0 Å². The van der Waals surface area contributed by atoms with Crippen molar-refractivity contribution in [3.05, 3.63) is 29.2 Å². The van der Waals surface area contributed by atoms with Crippen LogP contribution in [0.3, 0.4) is 0 Å². The first kappa shape index (κ1) is 22.7. The lowest BCUT2D eigenvalue weighted by Gasteiger charge is -2.36. The lowest BCUT2D eigenvalue weighted by molar-refractivity contribution is -0.128. The minimum Gasteiger partial charge on any atom is -0.491 e. The maximum absolute atomic E-state index is 13.1. The van der Waals surface area contributed by atoms with Crippen molar-refractivity contribution in [2.45, 2.75) is 88.7 Å². The third-order valence-electron chi connectivity index (χ3n) is 8.34. The fourth-order valence-electron chi connectivity index (χ4n) is 6.48. The number of ketones is 1. The molecule has 8 heteroatoms. The van der Waals surface area contributed by atoms with Crippen molar-refractivity contribution in [1.29, 1.82) is 0 Å². The van der Waals surface area contributed by atoms with Gasteiger partial charge in [0.2, 0.25) is 5.88 Å². The van der Waals surface area contributed by atoms with Crippen molar-refractivity contribution in [3.63, 3.8) is 0 Å². The van der Waals surface area contributed by atoms with Gasteiger partial charge in [-0.1, -0.05) is 11.6 Å². The Hall–Kier alpha value is -2.74. The smallest absolute Gasteiger partial charge is 0.217 e. The van der Waals surface area contributed by atoms with Gasteiger partial charge in [0.25, 0.3) is 0 Å². The van der Waals surface area contributed by atoms with Crippen LogP contribution in [0.1, 0.15) is 81.7 Å². The molecule has 1 saturated heterocycles. The number of likely N-dealkylation sites (N-methyl/N-ethyl adjacent to an activating group) is 1. The van der Waals surface area contributed by atoms with Crippen LogP contribution in [0.25, 0.3) is 17.3 Å². The number of nitrogens with zero attached hydrogens (tertiary/aromatic N) is 4. The molecule has 0 radical (unpaired) electrons. The number of aromatic nitrogens is 3. The van der Waals surface area contributed by atoms with Gasteiger partial charge in [0, 0.05) is 30.5 Å². The second-order valence-corrected chi connectivity index (χ2v) is 10.5. The molecule has 2 aromatic rings. The zero-order chi connectivity index (χ0) is 24.0. The van der Waals surface area contributed by atoms with E-state index in [-0.39, 0.29) is 6.10 Å². The Bertz CT molecular complexity index is 1160. The average Bonchev–Trinajstić information content (AvgIpc) is 3.62. The van der Waals surface area contributed by atoms with Gasteiger partial charge in [0.1, 0.15) is 23.3 Å². The molecule has 6 rings (SSSR count). The van der Waals surface area contributed by atoms with Crippen LogP contribution in [-0.4, -0.2) is 58.2 Å². The van der Waals surface area contributed by atoms with E-state index in [9.17, 15) is 4.79 Å². The first-order valence-corrected chi connectivity index (χ1v) is 13.2. The van der Waals surface area contributed by atoms with E-state index in [1.807, 2.05) is 6.07 Å². The van der Waals surface area contributed by atoms with Gasteiger partial charge in [-0.15, -0.1) is 0 Å². The van der Waals surface area contributed by atoms with Gasteiger partial charge in [-0.05, 0) is 71.5 Å². The molecular formula is C27H34N4O4. The number of hydrogen-bond donors (Lipinski definition) is 0. The Morgan fingerprint density at radius 3 is 2.83 bits per heavy atom. The van der Waals surface area contributed by atoms with Crippen molar-refractivity contribution < 1.29 is 18.8 Å². The lowest BCUT2D eigenvalue weighted by Crippen LogP contribution is -2.41. The summed E-state index contributed by atoms with van der Waals surface area (Å²) in [5.41, 5.74) is 1.80. The Morgan fingerprint density at radius 1 is 1.17 bits per heavy atom. The fraction of sp³-hybridized carbons (Fsp3) is 0.630. The van der Waals surface area contributed by atoms with E-state index in [1.54, 1.807) is 0 Å². The molecule has 8 nitrogen and oxygen atoms in total. The molecular weight excluding hydrogens is 444 g/mol. The summed E-state index contributed by atoms with van der Waals surface area (Å²) in [6.45, 7) is 3.85. The lowest BCUT2D eigenvalue weighted by atomic mass is 9.64. The van der Waals surface area contributed by atoms with Gasteiger partial charge >= 0.3 is 0 Å². The SMILES string of the molecule is C[C@H](Oc1cc(C2=CCCO2)nc(-c2noc3c2CCC[C@@]32CCCCC2=O)n1)[C@@H]1CCCN1C. The van der Waals surface area contributed by atoms with Crippen LogP contribution in [-0.2, 0) is 21.4 Å². The van der Waals surface area contributed by atoms with E-state index in [0.29, 0.717) is 47.9 Å². The second kappa shape index (κ2) is 9.04. The van der Waals surface area contributed by atoms with Crippen LogP contribution in [0.15, 0.2) is 16.7 Å². The normalized spacial score (nSPS) is 27.5. The first-order valence-electron chi connectivity index (χ1n) is 13.2. The topological polar surface area (TPSA) is 90.6 Å². The summed E-state index contributed by atoms with van der Waals surface area (Å²) < 4.78 is 18.2. The summed E-state index contributed by atoms with van der Waals surface area (Å²) >= 11 is 0. The number of fused-ring (bicyclic) bond motifs is 2. The number of hydrogen-bond acceptors (Lipinski definition) is 8. The highest BCUT2D eigenvalue weighted by atomic mass is 16.5. The standard InChI is InChI=1S/C27H34N4O4/c1-17(20-9-6-14-31(20)2)34-23-16-19(21-10-7-15-33-21)28-26(29-23)24-18-8-5-13-27(25(18)35-30-24)12-4-3-11-22(27)32/h10,16-17,20H,3-9,11-15H2,1-2H3/t17-,20-,27+/m0/s1. The van der Waals surface area contributed by atoms with E-state index in [0.717, 1.165) is 75.0 Å². The van der Waals surface area contributed by atoms with Gasteiger partial charge in [-0.2, -0.15) is 4.98 Å². The molecule has 0 amide bonds. The minimum absolute atomic E-state index is 0.00840. The number of carbonyl (C=O) groups is 1. The number of rotatable bonds is 5. The van der Waals surface area contributed by atoms with Gasteiger partial charge in [0.15, 0.2) is 17.3 Å². The molecule has 186 valence electrons. The molecule has 0 aromatic carbocycles. The zero-order valence-corrected chi connectivity index (χ0v) is 20.7. The summed E-state index contributed by atoms with van der Waals surface area (Å²) in [6, 6.07) is 2.22. The molecule has 0 unspecified atom stereocenters. The quantitative estimate of drug-likeness (QED) is 0.622. The molecule has 2 aromatic heterocycles. The minimum atomic E-state index is -0.521. The van der Waals surface area contributed by atoms with Crippen molar-refractivity contribution in [2.75, 3.05) is 20.2 Å². The summed E-state index contributed by atoms with van der Waals surface area (Å²) in [5, 5.41) is 4.45. The van der Waals surface area contributed by atoms with E-state index in [4.69, 9.17) is 24.0 Å². The highest BCUT2D eigenvalue weighted by Crippen LogP contribution is 2.47. The van der Waals surface area contributed by atoms with Crippen LogP contribution >= 0.6 is 0 Å². The number of carbonyl (C=O) groups excluding carboxylic acids is 1. The van der Waals surface area contributed by atoms with Crippen molar-refractivity contribution in [1.82, 2.24) is 20.0 Å². The molecule has 2 fully saturated rings. The highest BCUT2D eigenvalue weighted by Gasteiger charge is 2.48. The molecule has 2 aliphatic carbocycles. The van der Waals surface area contributed by atoms with E-state index in [1.165, 1.54) is 6.42 Å². The van der Waals surface area contributed by atoms with Gasteiger partial charge in [-0.25, -0.2) is 4.98 Å². The molecule has 4 heterocycles. The number of Topliss-reactive ketones (excluding diaryl/α,β-unsaturated/α-hetero) is 1.